The van der Waals surface area contributed by atoms with Crippen molar-refractivity contribution in [1.29, 1.82) is 0 Å². The van der Waals surface area contributed by atoms with Gasteiger partial charge in [-0.25, -0.2) is 4.98 Å². The predicted octanol–water partition coefficient (Wildman–Crippen LogP) is 6.05. The average Bonchev–Trinajstić information content (AvgIpc) is 3.64. The second-order valence-electron chi connectivity index (χ2n) is 9.89. The molecule has 0 spiro atoms. The molecular formula is C32H33Cl2N3O4. The molecule has 0 aliphatic carbocycles. The zero-order chi connectivity index (χ0) is 28.5. The van der Waals surface area contributed by atoms with E-state index in [0.29, 0.717) is 41.9 Å². The fourth-order valence-corrected chi connectivity index (χ4v) is 5.34. The summed E-state index contributed by atoms with van der Waals surface area (Å²) in [7, 11) is 0. The molecule has 1 aliphatic heterocycles. The van der Waals surface area contributed by atoms with E-state index in [1.54, 1.807) is 24.7 Å². The number of rotatable bonds is 13. The van der Waals surface area contributed by atoms with E-state index >= 15 is 0 Å². The summed E-state index contributed by atoms with van der Waals surface area (Å²) in [5.41, 5.74) is 3.00. The number of aliphatic hydroxyl groups is 1. The molecule has 2 atom stereocenters. The van der Waals surface area contributed by atoms with Gasteiger partial charge in [-0.05, 0) is 35.4 Å². The van der Waals surface area contributed by atoms with Gasteiger partial charge in [0.2, 0.25) is 5.79 Å². The van der Waals surface area contributed by atoms with Crippen LogP contribution in [0.3, 0.4) is 0 Å². The highest BCUT2D eigenvalue weighted by molar-refractivity contribution is 6.35. The van der Waals surface area contributed by atoms with E-state index in [1.165, 1.54) is 0 Å². The first-order chi connectivity index (χ1) is 20.0. The van der Waals surface area contributed by atoms with Crippen LogP contribution in [0.25, 0.3) is 6.08 Å². The highest BCUT2D eigenvalue weighted by Crippen LogP contribution is 2.40. The topological polar surface area (TPSA) is 69.0 Å². The third-order valence-electron chi connectivity index (χ3n) is 6.81. The van der Waals surface area contributed by atoms with Crippen LogP contribution in [0.15, 0.2) is 97.6 Å². The van der Waals surface area contributed by atoms with Gasteiger partial charge in [-0.15, -0.1) is 0 Å². The Kier molecular flexibility index (Phi) is 10.1. The van der Waals surface area contributed by atoms with Crippen LogP contribution in [0.5, 0.6) is 5.75 Å². The first kappa shape index (κ1) is 29.3. The molecule has 214 valence electrons. The standard InChI is InChI=1S/C32H33Cl2N3O4/c33-27-10-13-30(31(34)19-27)32(23-37-16-14-35-24-37)40-22-29(41-32)21-39-28-11-8-26(9-12-28)20-36(17-18-38)15-4-7-25-5-2-1-3-6-25/h1-14,16,19,24,29,38H,15,17-18,20-23H2/t29-,32-/m1/s1. The Balaban J connectivity index is 1.17. The van der Waals surface area contributed by atoms with Crippen molar-refractivity contribution in [3.05, 3.63) is 124 Å². The fourth-order valence-electron chi connectivity index (χ4n) is 4.79. The number of imidazole rings is 1. The summed E-state index contributed by atoms with van der Waals surface area (Å²) in [6.45, 7) is 3.20. The zero-order valence-electron chi connectivity index (χ0n) is 22.6. The minimum atomic E-state index is -1.09. The summed E-state index contributed by atoms with van der Waals surface area (Å²) in [4.78, 5) is 6.33. The SMILES string of the molecule is OCCN(CC=Cc1ccccc1)Cc1ccc(OC[C@@H]2CO[C@@](Cn3ccnc3)(c3ccc(Cl)cc3Cl)O2)cc1. The molecule has 5 rings (SSSR count). The highest BCUT2D eigenvalue weighted by Gasteiger charge is 2.45. The number of nitrogens with zero attached hydrogens (tertiary/aromatic N) is 3. The lowest BCUT2D eigenvalue weighted by Gasteiger charge is -2.30. The minimum Gasteiger partial charge on any atom is -0.491 e. The van der Waals surface area contributed by atoms with Crippen LogP contribution in [0.2, 0.25) is 10.0 Å². The Bertz CT molecular complexity index is 1400. The third-order valence-corrected chi connectivity index (χ3v) is 7.35. The summed E-state index contributed by atoms with van der Waals surface area (Å²) in [6.07, 6.45) is 9.19. The van der Waals surface area contributed by atoms with Crippen molar-refractivity contribution >= 4 is 29.3 Å². The monoisotopic (exact) mass is 593 g/mol. The van der Waals surface area contributed by atoms with Crippen LogP contribution in [0, 0.1) is 0 Å². The predicted molar refractivity (Wildman–Crippen MR) is 161 cm³/mol. The average molecular weight is 595 g/mol. The van der Waals surface area contributed by atoms with Gasteiger partial charge in [0.15, 0.2) is 0 Å². The fraction of sp³-hybridized carbons (Fsp3) is 0.281. The van der Waals surface area contributed by atoms with E-state index < -0.39 is 5.79 Å². The molecule has 1 aromatic heterocycles. The van der Waals surface area contributed by atoms with E-state index in [-0.39, 0.29) is 12.7 Å². The van der Waals surface area contributed by atoms with Crippen molar-refractivity contribution in [2.45, 2.75) is 25.0 Å². The van der Waals surface area contributed by atoms with Gasteiger partial charge < -0.3 is 23.9 Å². The van der Waals surface area contributed by atoms with Gasteiger partial charge in [0, 0.05) is 42.6 Å². The number of ether oxygens (including phenoxy) is 3. The van der Waals surface area contributed by atoms with Crippen molar-refractivity contribution in [2.24, 2.45) is 0 Å². The number of halogens is 2. The lowest BCUT2D eigenvalue weighted by molar-refractivity contribution is -0.189. The largest absolute Gasteiger partial charge is 0.491 e. The second kappa shape index (κ2) is 14.1. The third kappa shape index (κ3) is 7.98. The van der Waals surface area contributed by atoms with Gasteiger partial charge in [0.1, 0.15) is 18.5 Å². The van der Waals surface area contributed by atoms with Crippen molar-refractivity contribution in [2.75, 3.05) is 32.9 Å². The first-order valence-corrected chi connectivity index (χ1v) is 14.3. The van der Waals surface area contributed by atoms with Gasteiger partial charge in [-0.3, -0.25) is 4.90 Å². The lowest BCUT2D eigenvalue weighted by atomic mass is 10.1. The molecule has 0 saturated carbocycles. The molecule has 0 amide bonds. The molecule has 3 aromatic carbocycles. The van der Waals surface area contributed by atoms with Gasteiger partial charge in [0.25, 0.3) is 0 Å². The first-order valence-electron chi connectivity index (χ1n) is 13.5. The van der Waals surface area contributed by atoms with Gasteiger partial charge in [-0.1, -0.05) is 83.9 Å². The summed E-state index contributed by atoms with van der Waals surface area (Å²) >= 11 is 12.7. The van der Waals surface area contributed by atoms with Gasteiger partial charge in [-0.2, -0.15) is 0 Å². The molecule has 1 aliphatic rings. The number of hydrogen-bond acceptors (Lipinski definition) is 6. The molecule has 41 heavy (non-hydrogen) atoms. The quantitative estimate of drug-likeness (QED) is 0.204. The molecule has 7 nitrogen and oxygen atoms in total. The summed E-state index contributed by atoms with van der Waals surface area (Å²) in [5.74, 6) is -0.350. The van der Waals surface area contributed by atoms with Crippen molar-refractivity contribution < 1.29 is 19.3 Å². The summed E-state index contributed by atoms with van der Waals surface area (Å²) in [6, 6.07) is 23.5. The molecule has 0 unspecified atom stereocenters. The van der Waals surface area contributed by atoms with Crippen molar-refractivity contribution in [3.63, 3.8) is 0 Å². The van der Waals surface area contributed by atoms with E-state index in [2.05, 4.69) is 34.2 Å². The van der Waals surface area contributed by atoms with Crippen LogP contribution in [0.1, 0.15) is 16.7 Å². The van der Waals surface area contributed by atoms with Crippen LogP contribution in [0.4, 0.5) is 0 Å². The summed E-state index contributed by atoms with van der Waals surface area (Å²) in [5, 5.41) is 10.5. The highest BCUT2D eigenvalue weighted by atomic mass is 35.5. The normalized spacial score (nSPS) is 18.9. The smallest absolute Gasteiger partial charge is 0.215 e. The Morgan fingerprint density at radius 2 is 1.93 bits per heavy atom. The number of hydrogen-bond donors (Lipinski definition) is 1. The van der Waals surface area contributed by atoms with E-state index in [0.717, 1.165) is 30.0 Å². The lowest BCUT2D eigenvalue weighted by Crippen LogP contribution is -2.34. The summed E-state index contributed by atoms with van der Waals surface area (Å²) < 4.78 is 20.7. The van der Waals surface area contributed by atoms with Crippen LogP contribution < -0.4 is 4.74 Å². The Hall–Kier alpha value is -3.17. The van der Waals surface area contributed by atoms with Gasteiger partial charge >= 0.3 is 0 Å². The Morgan fingerprint density at radius 1 is 1.10 bits per heavy atom. The van der Waals surface area contributed by atoms with Crippen molar-refractivity contribution in [3.8, 4) is 5.75 Å². The van der Waals surface area contributed by atoms with E-state index in [4.69, 9.17) is 37.4 Å². The van der Waals surface area contributed by atoms with E-state index in [9.17, 15) is 5.11 Å². The minimum absolute atomic E-state index is 0.105. The number of benzene rings is 3. The number of aliphatic hydroxyl groups excluding tert-OH is 1. The van der Waals surface area contributed by atoms with Gasteiger partial charge in [0.05, 0.1) is 31.1 Å². The maximum atomic E-state index is 9.53. The molecule has 1 fully saturated rings. The molecule has 2 heterocycles. The Morgan fingerprint density at radius 3 is 2.66 bits per heavy atom. The second-order valence-corrected chi connectivity index (χ2v) is 10.7. The molecule has 4 aromatic rings. The zero-order valence-corrected chi connectivity index (χ0v) is 24.1. The van der Waals surface area contributed by atoms with Crippen LogP contribution in [-0.2, 0) is 28.4 Å². The maximum absolute atomic E-state index is 9.53. The Labute approximate surface area is 250 Å². The molecule has 0 radical (unpaired) electrons. The molecule has 0 bridgehead atoms. The molecule has 1 N–H and O–H groups in total. The molecular weight excluding hydrogens is 561 g/mol. The molecule has 1 saturated heterocycles. The van der Waals surface area contributed by atoms with Crippen molar-refractivity contribution in [1.82, 2.24) is 14.5 Å². The number of aromatic nitrogens is 2. The maximum Gasteiger partial charge on any atom is 0.215 e. The van der Waals surface area contributed by atoms with Crippen LogP contribution >= 0.6 is 23.2 Å². The van der Waals surface area contributed by atoms with Crippen LogP contribution in [-0.4, -0.2) is 58.6 Å². The molecule has 9 heteroatoms. The van der Waals surface area contributed by atoms with E-state index in [1.807, 2.05) is 59.3 Å².